The van der Waals surface area contributed by atoms with Crippen LogP contribution < -0.4 is 5.32 Å². The minimum Gasteiger partial charge on any atom is -0.464 e. The van der Waals surface area contributed by atoms with E-state index in [2.05, 4.69) is 21.2 Å². The molecule has 1 unspecified atom stereocenters. The molecule has 0 amide bonds. The van der Waals surface area contributed by atoms with Gasteiger partial charge in [0, 0.05) is 12.0 Å². The minimum atomic E-state index is -0.636. The van der Waals surface area contributed by atoms with Crippen LogP contribution in [-0.4, -0.2) is 6.54 Å². The number of rotatable bonds is 6. The maximum absolute atomic E-state index is 14.3. The predicted molar refractivity (Wildman–Crippen MR) is 82.3 cm³/mol. The van der Waals surface area contributed by atoms with Crippen molar-refractivity contribution in [3.63, 3.8) is 0 Å². The Morgan fingerprint density at radius 2 is 1.95 bits per heavy atom. The first-order chi connectivity index (χ1) is 10.1. The fourth-order valence-electron chi connectivity index (χ4n) is 2.18. The third kappa shape index (κ3) is 3.52. The maximum Gasteiger partial charge on any atom is 0.145 e. The van der Waals surface area contributed by atoms with E-state index in [9.17, 15) is 8.78 Å². The molecule has 1 aromatic carbocycles. The Hall–Kier alpha value is -1.20. The maximum atomic E-state index is 14.3. The van der Waals surface area contributed by atoms with Crippen molar-refractivity contribution in [1.29, 1.82) is 0 Å². The molecule has 0 spiro atoms. The molecule has 2 nitrogen and oxygen atoms in total. The fraction of sp³-hybridized carbons (Fsp3) is 0.375. The molecule has 0 saturated heterocycles. The van der Waals surface area contributed by atoms with Crippen LogP contribution in [0.3, 0.4) is 0 Å². The summed E-state index contributed by atoms with van der Waals surface area (Å²) < 4.78 is 34.4. The van der Waals surface area contributed by atoms with Gasteiger partial charge in [0.05, 0.1) is 10.5 Å². The van der Waals surface area contributed by atoms with Crippen molar-refractivity contribution in [2.24, 2.45) is 0 Å². The zero-order valence-corrected chi connectivity index (χ0v) is 13.6. The van der Waals surface area contributed by atoms with Crippen LogP contribution in [0.1, 0.15) is 43.4 Å². The first kappa shape index (κ1) is 16.2. The number of aryl methyl sites for hydroxylation is 1. The highest BCUT2D eigenvalue weighted by atomic mass is 79.9. The van der Waals surface area contributed by atoms with Gasteiger partial charge < -0.3 is 9.73 Å². The van der Waals surface area contributed by atoms with Crippen molar-refractivity contribution in [3.8, 4) is 0 Å². The molecule has 21 heavy (non-hydrogen) atoms. The number of benzene rings is 1. The van der Waals surface area contributed by atoms with Gasteiger partial charge in [-0.25, -0.2) is 8.78 Å². The van der Waals surface area contributed by atoms with Gasteiger partial charge in [-0.1, -0.05) is 13.8 Å². The molecular formula is C16H18BrF2NO. The fourth-order valence-corrected chi connectivity index (χ4v) is 2.53. The Labute approximate surface area is 131 Å². The Morgan fingerprint density at radius 3 is 2.57 bits per heavy atom. The van der Waals surface area contributed by atoms with Crippen molar-refractivity contribution in [2.45, 2.75) is 32.7 Å². The van der Waals surface area contributed by atoms with Gasteiger partial charge >= 0.3 is 0 Å². The van der Waals surface area contributed by atoms with Gasteiger partial charge in [-0.05, 0) is 53.2 Å². The summed E-state index contributed by atoms with van der Waals surface area (Å²) >= 11 is 3.11. The molecular weight excluding hydrogens is 340 g/mol. The molecule has 2 aromatic rings. The average molecular weight is 358 g/mol. The van der Waals surface area contributed by atoms with Crippen molar-refractivity contribution in [1.82, 2.24) is 5.32 Å². The van der Waals surface area contributed by atoms with Gasteiger partial charge in [-0.15, -0.1) is 0 Å². The molecule has 5 heteroatoms. The van der Waals surface area contributed by atoms with Crippen LogP contribution in [0.25, 0.3) is 0 Å². The van der Waals surface area contributed by atoms with Gasteiger partial charge in [0.15, 0.2) is 0 Å². The van der Waals surface area contributed by atoms with E-state index in [1.165, 1.54) is 12.1 Å². The van der Waals surface area contributed by atoms with Crippen LogP contribution in [0.5, 0.6) is 0 Å². The van der Waals surface area contributed by atoms with E-state index in [0.717, 1.165) is 18.6 Å². The van der Waals surface area contributed by atoms with Crippen LogP contribution in [0.2, 0.25) is 0 Å². The van der Waals surface area contributed by atoms with Crippen LogP contribution in [0.15, 0.2) is 33.2 Å². The smallest absolute Gasteiger partial charge is 0.145 e. The Balaban J connectivity index is 2.47. The molecule has 2 rings (SSSR count). The lowest BCUT2D eigenvalue weighted by molar-refractivity contribution is 0.404. The average Bonchev–Trinajstić information content (AvgIpc) is 2.95. The topological polar surface area (TPSA) is 25.2 Å². The van der Waals surface area contributed by atoms with Gasteiger partial charge in [-0.2, -0.15) is 0 Å². The summed E-state index contributed by atoms with van der Waals surface area (Å²) in [6.45, 7) is 4.60. The largest absolute Gasteiger partial charge is 0.464 e. The summed E-state index contributed by atoms with van der Waals surface area (Å²) in [7, 11) is 0. The molecule has 0 aliphatic rings. The van der Waals surface area contributed by atoms with E-state index in [0.29, 0.717) is 12.3 Å². The van der Waals surface area contributed by atoms with Gasteiger partial charge in [0.2, 0.25) is 0 Å². The van der Waals surface area contributed by atoms with E-state index in [1.54, 1.807) is 6.07 Å². The molecule has 0 radical (unpaired) electrons. The highest BCUT2D eigenvalue weighted by Gasteiger charge is 2.25. The SMILES string of the molecule is CCCNC(c1ccc(CC)o1)c1c(F)ccc(Br)c1F. The van der Waals surface area contributed by atoms with Crippen molar-refractivity contribution < 1.29 is 13.2 Å². The standard InChI is InChI=1S/C16H18BrF2NO/c1-3-9-20-16(13-8-5-10(4-2)21-13)14-12(18)7-6-11(17)15(14)19/h5-8,16,20H,3-4,9H2,1-2H3. The molecule has 1 N–H and O–H groups in total. The molecule has 0 saturated carbocycles. The van der Waals surface area contributed by atoms with Gasteiger partial charge in [-0.3, -0.25) is 0 Å². The second-order valence-electron chi connectivity index (χ2n) is 4.80. The Morgan fingerprint density at radius 1 is 1.19 bits per heavy atom. The summed E-state index contributed by atoms with van der Waals surface area (Å²) in [5.41, 5.74) is -0.0187. The monoisotopic (exact) mass is 357 g/mol. The van der Waals surface area contributed by atoms with E-state index < -0.39 is 17.7 Å². The molecule has 1 atom stereocenters. The summed E-state index contributed by atoms with van der Waals surface area (Å²) in [5.74, 6) is 0.136. The van der Waals surface area contributed by atoms with E-state index in [-0.39, 0.29) is 10.0 Å². The van der Waals surface area contributed by atoms with Crippen LogP contribution in [0.4, 0.5) is 8.78 Å². The van der Waals surface area contributed by atoms with Gasteiger partial charge in [0.1, 0.15) is 23.2 Å². The summed E-state index contributed by atoms with van der Waals surface area (Å²) in [4.78, 5) is 0. The second kappa shape index (κ2) is 7.18. The van der Waals surface area contributed by atoms with E-state index in [4.69, 9.17) is 4.42 Å². The summed E-state index contributed by atoms with van der Waals surface area (Å²) in [6, 6.07) is 5.59. The zero-order valence-electron chi connectivity index (χ0n) is 12.1. The molecule has 114 valence electrons. The second-order valence-corrected chi connectivity index (χ2v) is 5.66. The zero-order chi connectivity index (χ0) is 15.4. The van der Waals surface area contributed by atoms with Gasteiger partial charge in [0.25, 0.3) is 0 Å². The van der Waals surface area contributed by atoms with Crippen LogP contribution in [0, 0.1) is 11.6 Å². The minimum absolute atomic E-state index is 0.0187. The normalized spacial score (nSPS) is 12.6. The number of hydrogen-bond acceptors (Lipinski definition) is 2. The van der Waals surface area contributed by atoms with E-state index >= 15 is 0 Å². The molecule has 0 fully saturated rings. The Kier molecular flexibility index (Phi) is 5.53. The van der Waals surface area contributed by atoms with Crippen molar-refractivity contribution in [3.05, 3.63) is 57.5 Å². The quantitative estimate of drug-likeness (QED) is 0.738. The molecule has 0 bridgehead atoms. The lowest BCUT2D eigenvalue weighted by Crippen LogP contribution is -2.25. The summed E-state index contributed by atoms with van der Waals surface area (Å²) in [6.07, 6.45) is 1.60. The first-order valence-electron chi connectivity index (χ1n) is 7.03. The van der Waals surface area contributed by atoms with Crippen LogP contribution >= 0.6 is 15.9 Å². The lowest BCUT2D eigenvalue weighted by Gasteiger charge is -2.19. The number of hydrogen-bond donors (Lipinski definition) is 1. The highest BCUT2D eigenvalue weighted by Crippen LogP contribution is 2.31. The predicted octanol–water partition coefficient (Wildman–Crippen LogP) is 4.97. The lowest BCUT2D eigenvalue weighted by atomic mass is 10.0. The third-order valence-electron chi connectivity index (χ3n) is 3.28. The van der Waals surface area contributed by atoms with Crippen molar-refractivity contribution in [2.75, 3.05) is 6.54 Å². The molecule has 1 aromatic heterocycles. The number of halogens is 3. The number of nitrogens with one attached hydrogen (secondary N) is 1. The molecule has 0 aliphatic heterocycles. The van der Waals surface area contributed by atoms with Crippen LogP contribution in [-0.2, 0) is 6.42 Å². The molecule has 0 aliphatic carbocycles. The van der Waals surface area contributed by atoms with E-state index in [1.807, 2.05) is 19.9 Å². The highest BCUT2D eigenvalue weighted by molar-refractivity contribution is 9.10. The Bertz CT molecular complexity index is 612. The summed E-state index contributed by atoms with van der Waals surface area (Å²) in [5, 5.41) is 3.15. The first-order valence-corrected chi connectivity index (χ1v) is 7.83. The third-order valence-corrected chi connectivity index (χ3v) is 3.89. The van der Waals surface area contributed by atoms with Crippen molar-refractivity contribution >= 4 is 15.9 Å². The molecule has 1 heterocycles. The number of furan rings is 1.